The Hall–Kier alpha value is -2.67. The van der Waals surface area contributed by atoms with Gasteiger partial charge in [0.25, 0.3) is 5.91 Å². The van der Waals surface area contributed by atoms with Gasteiger partial charge in [0.15, 0.2) is 0 Å². The first-order chi connectivity index (χ1) is 13.5. The second-order valence-electron chi connectivity index (χ2n) is 6.77. The number of rotatable bonds is 7. The zero-order valence-corrected chi connectivity index (χ0v) is 17.4. The molecule has 2 aromatic heterocycles. The molecule has 3 aromatic rings. The van der Waals surface area contributed by atoms with Crippen LogP contribution in [0.25, 0.3) is 5.65 Å². The minimum absolute atomic E-state index is 0.00434. The number of carbonyl (C=O) groups excluding carboxylic acids is 2. The van der Waals surface area contributed by atoms with Gasteiger partial charge in [0, 0.05) is 22.4 Å². The molecule has 2 amide bonds. The number of nitrogens with one attached hydrogen (secondary N) is 2. The first-order valence-electron chi connectivity index (χ1n) is 9.24. The fourth-order valence-corrected chi connectivity index (χ4v) is 3.26. The highest BCUT2D eigenvalue weighted by atomic mass is 79.9. The highest BCUT2D eigenvalue weighted by molar-refractivity contribution is 9.10. The number of carbonyl (C=O) groups is 2. The zero-order valence-electron chi connectivity index (χ0n) is 15.9. The summed E-state index contributed by atoms with van der Waals surface area (Å²) >= 11 is 3.43. The summed E-state index contributed by atoms with van der Waals surface area (Å²) in [6, 6.07) is 12.1. The van der Waals surface area contributed by atoms with Crippen molar-refractivity contribution in [2.45, 2.75) is 32.9 Å². The van der Waals surface area contributed by atoms with Gasteiger partial charge in [-0.3, -0.25) is 9.59 Å². The second kappa shape index (κ2) is 9.01. The van der Waals surface area contributed by atoms with E-state index < -0.39 is 6.04 Å². The third-order valence-electron chi connectivity index (χ3n) is 4.73. The fourth-order valence-electron chi connectivity index (χ4n) is 2.91. The standard InChI is InChI=1S/C21H23BrN4O2/c1-3-14(2)19(25-20(27)15-7-5-4-6-8-15)21(28)23-11-17-13-26-12-16(22)9-10-18(26)24-17/h4-10,12-14,19H,3,11H2,1-2H3,(H,23,28)(H,25,27). The first-order valence-corrected chi connectivity index (χ1v) is 10.0. The number of fused-ring (bicyclic) bond motifs is 1. The van der Waals surface area contributed by atoms with Crippen LogP contribution in [0.15, 0.2) is 59.3 Å². The van der Waals surface area contributed by atoms with Crippen molar-refractivity contribution in [2.24, 2.45) is 5.92 Å². The predicted octanol–water partition coefficient (Wildman–Crippen LogP) is 3.56. The van der Waals surface area contributed by atoms with Crippen LogP contribution in [0.4, 0.5) is 0 Å². The molecule has 0 aliphatic heterocycles. The third kappa shape index (κ3) is 4.78. The maximum absolute atomic E-state index is 12.8. The largest absolute Gasteiger partial charge is 0.349 e. The average Bonchev–Trinajstić information content (AvgIpc) is 3.12. The molecule has 0 spiro atoms. The van der Waals surface area contributed by atoms with Gasteiger partial charge in [0.2, 0.25) is 5.91 Å². The molecule has 0 bridgehead atoms. The van der Waals surface area contributed by atoms with Gasteiger partial charge in [-0.1, -0.05) is 38.5 Å². The van der Waals surface area contributed by atoms with E-state index in [1.165, 1.54) is 0 Å². The summed E-state index contributed by atoms with van der Waals surface area (Å²) in [7, 11) is 0. The molecule has 1 aromatic carbocycles. The van der Waals surface area contributed by atoms with Crippen LogP contribution in [0.2, 0.25) is 0 Å². The Morgan fingerprint density at radius 2 is 1.89 bits per heavy atom. The van der Waals surface area contributed by atoms with Crippen LogP contribution in [0.3, 0.4) is 0 Å². The van der Waals surface area contributed by atoms with E-state index >= 15 is 0 Å². The van der Waals surface area contributed by atoms with Crippen LogP contribution >= 0.6 is 15.9 Å². The van der Waals surface area contributed by atoms with Crippen LogP contribution in [-0.4, -0.2) is 27.2 Å². The Balaban J connectivity index is 1.67. The summed E-state index contributed by atoms with van der Waals surface area (Å²) in [5.74, 6) is -0.458. The number of hydrogen-bond donors (Lipinski definition) is 2. The highest BCUT2D eigenvalue weighted by Gasteiger charge is 2.26. The van der Waals surface area contributed by atoms with Gasteiger partial charge in [-0.05, 0) is 46.1 Å². The number of hydrogen-bond acceptors (Lipinski definition) is 3. The molecule has 0 fully saturated rings. The van der Waals surface area contributed by atoms with Crippen LogP contribution in [0, 0.1) is 5.92 Å². The van der Waals surface area contributed by atoms with E-state index in [1.54, 1.807) is 24.3 Å². The number of nitrogens with zero attached hydrogens (tertiary/aromatic N) is 2. The molecule has 2 unspecified atom stereocenters. The summed E-state index contributed by atoms with van der Waals surface area (Å²) in [6.07, 6.45) is 4.56. The number of halogens is 1. The van der Waals surface area contributed by atoms with E-state index in [9.17, 15) is 9.59 Å². The zero-order chi connectivity index (χ0) is 20.1. The van der Waals surface area contributed by atoms with Gasteiger partial charge in [-0.25, -0.2) is 4.98 Å². The van der Waals surface area contributed by atoms with Crippen molar-refractivity contribution in [3.05, 3.63) is 70.6 Å². The van der Waals surface area contributed by atoms with E-state index in [1.807, 2.05) is 48.8 Å². The number of pyridine rings is 1. The van der Waals surface area contributed by atoms with Gasteiger partial charge in [-0.15, -0.1) is 0 Å². The minimum Gasteiger partial charge on any atom is -0.349 e. The summed E-state index contributed by atoms with van der Waals surface area (Å²) < 4.78 is 2.85. The quantitative estimate of drug-likeness (QED) is 0.587. The Morgan fingerprint density at radius 3 is 2.61 bits per heavy atom. The monoisotopic (exact) mass is 442 g/mol. The summed E-state index contributed by atoms with van der Waals surface area (Å²) in [5, 5.41) is 5.78. The number of amides is 2. The van der Waals surface area contributed by atoms with Crippen LogP contribution in [0.1, 0.15) is 36.3 Å². The predicted molar refractivity (Wildman–Crippen MR) is 112 cm³/mol. The minimum atomic E-state index is -0.608. The van der Waals surface area contributed by atoms with Gasteiger partial charge in [0.05, 0.1) is 12.2 Å². The summed E-state index contributed by atoms with van der Waals surface area (Å²) in [4.78, 5) is 29.8. The molecule has 28 heavy (non-hydrogen) atoms. The maximum Gasteiger partial charge on any atom is 0.251 e. The topological polar surface area (TPSA) is 75.5 Å². The Morgan fingerprint density at radius 1 is 1.14 bits per heavy atom. The second-order valence-corrected chi connectivity index (χ2v) is 7.68. The molecule has 3 rings (SSSR count). The molecular formula is C21H23BrN4O2. The SMILES string of the molecule is CCC(C)C(NC(=O)c1ccccc1)C(=O)NCc1cn2cc(Br)ccc2n1. The van der Waals surface area contributed by atoms with Crippen LogP contribution in [0.5, 0.6) is 0 Å². The molecule has 0 saturated carbocycles. The Labute approximate surface area is 172 Å². The first kappa shape index (κ1) is 20.1. The molecule has 0 saturated heterocycles. The molecule has 0 aliphatic carbocycles. The number of imidazole rings is 1. The Kier molecular flexibility index (Phi) is 6.46. The van der Waals surface area contributed by atoms with Crippen molar-refractivity contribution in [3.8, 4) is 0 Å². The maximum atomic E-state index is 12.8. The van der Waals surface area contributed by atoms with Gasteiger partial charge < -0.3 is 15.0 Å². The molecule has 0 radical (unpaired) electrons. The summed E-state index contributed by atoms with van der Waals surface area (Å²) in [6.45, 7) is 4.25. The number of aromatic nitrogens is 2. The van der Waals surface area contributed by atoms with Crippen molar-refractivity contribution in [1.29, 1.82) is 0 Å². The normalized spacial score (nSPS) is 13.1. The average molecular weight is 443 g/mol. The molecule has 2 atom stereocenters. The van der Waals surface area contributed by atoms with E-state index in [2.05, 4.69) is 31.5 Å². The Bertz CT molecular complexity index is 971. The molecule has 2 N–H and O–H groups in total. The number of benzene rings is 1. The van der Waals surface area contributed by atoms with Crippen molar-refractivity contribution in [3.63, 3.8) is 0 Å². The summed E-state index contributed by atoms with van der Waals surface area (Å²) in [5.41, 5.74) is 2.10. The van der Waals surface area contributed by atoms with Crippen molar-refractivity contribution >= 4 is 33.4 Å². The third-order valence-corrected chi connectivity index (χ3v) is 5.20. The van der Waals surface area contributed by atoms with E-state index in [0.29, 0.717) is 12.1 Å². The molecular weight excluding hydrogens is 420 g/mol. The molecule has 2 heterocycles. The van der Waals surface area contributed by atoms with Gasteiger partial charge >= 0.3 is 0 Å². The van der Waals surface area contributed by atoms with Crippen LogP contribution < -0.4 is 10.6 Å². The lowest BCUT2D eigenvalue weighted by atomic mass is 9.98. The highest BCUT2D eigenvalue weighted by Crippen LogP contribution is 2.13. The molecule has 6 nitrogen and oxygen atoms in total. The smallest absolute Gasteiger partial charge is 0.251 e. The van der Waals surface area contributed by atoms with Crippen molar-refractivity contribution in [1.82, 2.24) is 20.0 Å². The van der Waals surface area contributed by atoms with E-state index in [4.69, 9.17) is 0 Å². The molecule has 7 heteroatoms. The lowest BCUT2D eigenvalue weighted by Gasteiger charge is -2.23. The fraction of sp³-hybridized carbons (Fsp3) is 0.286. The molecule has 0 aliphatic rings. The molecule has 146 valence electrons. The van der Waals surface area contributed by atoms with Crippen molar-refractivity contribution < 1.29 is 9.59 Å². The van der Waals surface area contributed by atoms with Crippen molar-refractivity contribution in [2.75, 3.05) is 0 Å². The van der Waals surface area contributed by atoms with Crippen LogP contribution in [-0.2, 0) is 11.3 Å². The van der Waals surface area contributed by atoms with E-state index in [0.717, 1.165) is 22.2 Å². The van der Waals surface area contributed by atoms with Gasteiger partial charge in [-0.2, -0.15) is 0 Å². The lowest BCUT2D eigenvalue weighted by molar-refractivity contribution is -0.124. The van der Waals surface area contributed by atoms with Gasteiger partial charge in [0.1, 0.15) is 11.7 Å². The van der Waals surface area contributed by atoms with E-state index in [-0.39, 0.29) is 17.7 Å². The lowest BCUT2D eigenvalue weighted by Crippen LogP contribution is -2.50.